The number of aliphatic hydroxyl groups is 1. The summed E-state index contributed by atoms with van der Waals surface area (Å²) in [5.74, 6) is 1.55. The number of nitrogens with zero attached hydrogens (tertiary/aromatic N) is 1. The molecule has 1 aliphatic carbocycles. The van der Waals surface area contributed by atoms with E-state index < -0.39 is 0 Å². The number of hydrogen-bond acceptors (Lipinski definition) is 5. The van der Waals surface area contributed by atoms with Gasteiger partial charge in [-0.1, -0.05) is 6.07 Å². The highest BCUT2D eigenvalue weighted by Gasteiger charge is 2.36. The Hall–Kier alpha value is -2.60. The molecule has 1 fully saturated rings. The summed E-state index contributed by atoms with van der Waals surface area (Å²) in [7, 11) is 1.75. The first-order chi connectivity index (χ1) is 12.7. The lowest BCUT2D eigenvalue weighted by Crippen LogP contribution is -2.41. The summed E-state index contributed by atoms with van der Waals surface area (Å²) in [6, 6.07) is 9.50. The van der Waals surface area contributed by atoms with Crippen LogP contribution in [0, 0.1) is 5.92 Å². The molecular weight excluding hydrogens is 330 g/mol. The Labute approximate surface area is 152 Å². The molecule has 2 aromatic rings. The van der Waals surface area contributed by atoms with Crippen LogP contribution in [0.2, 0.25) is 0 Å². The molecule has 1 aromatic heterocycles. The van der Waals surface area contributed by atoms with Gasteiger partial charge in [0, 0.05) is 19.7 Å². The molecule has 26 heavy (non-hydrogen) atoms. The number of hydrogen-bond donors (Lipinski definition) is 3. The van der Waals surface area contributed by atoms with Crippen LogP contribution in [0.25, 0.3) is 0 Å². The molecule has 6 nitrogen and oxygen atoms in total. The van der Waals surface area contributed by atoms with E-state index >= 15 is 0 Å². The smallest absolute Gasteiger partial charge is 0.255 e. The van der Waals surface area contributed by atoms with E-state index in [0.717, 1.165) is 17.7 Å². The Morgan fingerprint density at radius 2 is 2.19 bits per heavy atom. The van der Waals surface area contributed by atoms with E-state index in [1.54, 1.807) is 25.4 Å². The number of aromatic nitrogens is 1. The lowest BCUT2D eigenvalue weighted by Gasteiger charge is -2.38. The van der Waals surface area contributed by atoms with Gasteiger partial charge in [0.1, 0.15) is 11.6 Å². The monoisotopic (exact) mass is 353 g/mol. The Bertz CT molecular complexity index is 818. The largest absolute Gasteiger partial charge is 0.493 e. The summed E-state index contributed by atoms with van der Waals surface area (Å²) in [6.45, 7) is 0.708. The normalized spacial score (nSPS) is 21.9. The first kappa shape index (κ1) is 16.8. The van der Waals surface area contributed by atoms with Gasteiger partial charge >= 0.3 is 0 Å². The highest BCUT2D eigenvalue weighted by atomic mass is 16.5. The molecule has 0 saturated heterocycles. The number of ether oxygens (including phenoxy) is 1. The lowest BCUT2D eigenvalue weighted by atomic mass is 9.74. The van der Waals surface area contributed by atoms with Gasteiger partial charge in [-0.15, -0.1) is 0 Å². The number of amides is 1. The van der Waals surface area contributed by atoms with Crippen LogP contribution >= 0.6 is 0 Å². The summed E-state index contributed by atoms with van der Waals surface area (Å²) in [6.07, 6.45) is 3.67. The first-order valence-electron chi connectivity index (χ1n) is 9.03. The molecule has 1 unspecified atom stereocenters. The number of fused-ring (bicyclic) bond motifs is 1. The SMILES string of the molecule is CNc1ncccc1C(=O)NC(c1ccc2c(c1)CCO2)C1CC(O)C1. The Morgan fingerprint density at radius 1 is 1.35 bits per heavy atom. The molecule has 3 N–H and O–H groups in total. The zero-order valence-electron chi connectivity index (χ0n) is 14.7. The molecule has 4 rings (SSSR count). The number of aliphatic hydroxyl groups excluding tert-OH is 1. The van der Waals surface area contributed by atoms with Crippen molar-refractivity contribution in [2.75, 3.05) is 19.0 Å². The van der Waals surface area contributed by atoms with Crippen molar-refractivity contribution in [1.82, 2.24) is 10.3 Å². The fourth-order valence-corrected chi connectivity index (χ4v) is 3.78. The fourth-order valence-electron chi connectivity index (χ4n) is 3.78. The molecule has 1 aromatic carbocycles. The minimum absolute atomic E-state index is 0.137. The van der Waals surface area contributed by atoms with E-state index in [1.807, 2.05) is 12.1 Å². The van der Waals surface area contributed by atoms with Crippen molar-refractivity contribution < 1.29 is 14.6 Å². The van der Waals surface area contributed by atoms with Gasteiger partial charge in [-0.25, -0.2) is 4.98 Å². The number of pyridine rings is 1. The summed E-state index contributed by atoms with van der Waals surface area (Å²) in [5, 5.41) is 15.9. The number of carbonyl (C=O) groups excluding carboxylic acids is 1. The lowest BCUT2D eigenvalue weighted by molar-refractivity contribution is 0.0235. The van der Waals surface area contributed by atoms with E-state index in [0.29, 0.717) is 30.8 Å². The first-order valence-corrected chi connectivity index (χ1v) is 9.03. The third-order valence-electron chi connectivity index (χ3n) is 5.27. The second-order valence-corrected chi connectivity index (χ2v) is 6.95. The molecule has 0 radical (unpaired) electrons. The van der Waals surface area contributed by atoms with E-state index in [2.05, 4.69) is 21.7 Å². The molecule has 136 valence electrons. The Kier molecular flexibility index (Phi) is 4.51. The summed E-state index contributed by atoms with van der Waals surface area (Å²) < 4.78 is 5.59. The van der Waals surface area contributed by atoms with E-state index in [4.69, 9.17) is 4.74 Å². The summed E-state index contributed by atoms with van der Waals surface area (Å²) in [5.41, 5.74) is 2.76. The Morgan fingerprint density at radius 3 is 2.96 bits per heavy atom. The number of rotatable bonds is 5. The van der Waals surface area contributed by atoms with Crippen LogP contribution in [-0.4, -0.2) is 35.8 Å². The molecule has 2 aliphatic rings. The van der Waals surface area contributed by atoms with E-state index in [9.17, 15) is 9.90 Å². The standard InChI is InChI=1S/C20H23N3O3/c1-21-19-16(3-2-7-22-19)20(25)23-18(14-10-15(24)11-14)13-4-5-17-12(9-13)6-8-26-17/h2-5,7,9,14-15,18,24H,6,8,10-11H2,1H3,(H,21,22)(H,23,25). The van der Waals surface area contributed by atoms with Gasteiger partial charge in [-0.05, 0) is 54.2 Å². The maximum absolute atomic E-state index is 12.9. The van der Waals surface area contributed by atoms with Crippen LogP contribution in [0.5, 0.6) is 5.75 Å². The highest BCUT2D eigenvalue weighted by molar-refractivity contribution is 5.98. The van der Waals surface area contributed by atoms with Crippen molar-refractivity contribution in [3.05, 3.63) is 53.2 Å². The number of anilines is 1. The van der Waals surface area contributed by atoms with Gasteiger partial charge in [-0.3, -0.25) is 4.79 Å². The number of benzene rings is 1. The van der Waals surface area contributed by atoms with Crippen molar-refractivity contribution in [1.29, 1.82) is 0 Å². The predicted octanol–water partition coefficient (Wildman–Crippen LogP) is 2.30. The summed E-state index contributed by atoms with van der Waals surface area (Å²) in [4.78, 5) is 17.1. The van der Waals surface area contributed by atoms with Gasteiger partial charge in [-0.2, -0.15) is 0 Å². The maximum Gasteiger partial charge on any atom is 0.255 e. The summed E-state index contributed by atoms with van der Waals surface area (Å²) >= 11 is 0. The molecule has 1 amide bonds. The van der Waals surface area contributed by atoms with Crippen LogP contribution < -0.4 is 15.4 Å². The fraction of sp³-hybridized carbons (Fsp3) is 0.400. The molecule has 1 aliphatic heterocycles. The minimum atomic E-state index is -0.275. The Balaban J connectivity index is 1.61. The third-order valence-corrected chi connectivity index (χ3v) is 5.27. The average molecular weight is 353 g/mol. The van der Waals surface area contributed by atoms with Crippen LogP contribution in [-0.2, 0) is 6.42 Å². The van der Waals surface area contributed by atoms with Gasteiger partial charge in [0.25, 0.3) is 5.91 Å². The molecule has 0 bridgehead atoms. The van der Waals surface area contributed by atoms with Crippen LogP contribution in [0.3, 0.4) is 0 Å². The van der Waals surface area contributed by atoms with Gasteiger partial charge < -0.3 is 20.5 Å². The predicted molar refractivity (Wildman–Crippen MR) is 98.4 cm³/mol. The third kappa shape index (κ3) is 3.12. The van der Waals surface area contributed by atoms with E-state index in [-0.39, 0.29) is 24.0 Å². The molecule has 1 atom stereocenters. The average Bonchev–Trinajstić information content (AvgIpc) is 3.11. The maximum atomic E-state index is 12.9. The zero-order valence-corrected chi connectivity index (χ0v) is 14.7. The number of nitrogens with one attached hydrogen (secondary N) is 2. The van der Waals surface area contributed by atoms with Gasteiger partial charge in [0.2, 0.25) is 0 Å². The van der Waals surface area contributed by atoms with Gasteiger partial charge in [0.05, 0.1) is 24.3 Å². The van der Waals surface area contributed by atoms with E-state index in [1.165, 1.54) is 5.56 Å². The minimum Gasteiger partial charge on any atom is -0.493 e. The molecular formula is C20H23N3O3. The quantitative estimate of drug-likeness (QED) is 0.768. The van der Waals surface area contributed by atoms with Crippen LogP contribution in [0.15, 0.2) is 36.5 Å². The van der Waals surface area contributed by atoms with Crippen molar-refractivity contribution in [2.24, 2.45) is 5.92 Å². The molecule has 1 saturated carbocycles. The van der Waals surface area contributed by atoms with Gasteiger partial charge in [0.15, 0.2) is 0 Å². The molecule has 0 spiro atoms. The number of carbonyl (C=O) groups is 1. The van der Waals surface area contributed by atoms with Crippen LogP contribution in [0.4, 0.5) is 5.82 Å². The second-order valence-electron chi connectivity index (χ2n) is 6.95. The van der Waals surface area contributed by atoms with Crippen molar-refractivity contribution >= 4 is 11.7 Å². The zero-order chi connectivity index (χ0) is 18.1. The van der Waals surface area contributed by atoms with Crippen molar-refractivity contribution in [2.45, 2.75) is 31.4 Å². The molecule has 2 heterocycles. The second kappa shape index (κ2) is 6.96. The van der Waals surface area contributed by atoms with Crippen molar-refractivity contribution in [3.8, 4) is 5.75 Å². The highest BCUT2D eigenvalue weighted by Crippen LogP contribution is 2.40. The molecule has 6 heteroatoms. The van der Waals surface area contributed by atoms with Crippen molar-refractivity contribution in [3.63, 3.8) is 0 Å². The topological polar surface area (TPSA) is 83.5 Å². The van der Waals surface area contributed by atoms with Crippen LogP contribution in [0.1, 0.15) is 40.4 Å².